The molecule has 0 amide bonds. The molecule has 1 atom stereocenters. The summed E-state index contributed by atoms with van der Waals surface area (Å²) in [5.74, 6) is -1.82. The van der Waals surface area contributed by atoms with Gasteiger partial charge in [-0.1, -0.05) is 13.8 Å². The van der Waals surface area contributed by atoms with E-state index in [0.717, 1.165) is 45.1 Å². The molecule has 0 bridgehead atoms. The van der Waals surface area contributed by atoms with Crippen LogP contribution in [0.5, 0.6) is 0 Å². The van der Waals surface area contributed by atoms with E-state index in [9.17, 15) is 13.6 Å². The number of rotatable bonds is 7. The fourth-order valence-electron chi connectivity index (χ4n) is 3.49. The Morgan fingerprint density at radius 3 is 2.38 bits per heavy atom. The van der Waals surface area contributed by atoms with Gasteiger partial charge >= 0.3 is 5.97 Å². The molecule has 0 aromatic heterocycles. The highest BCUT2D eigenvalue weighted by Gasteiger charge is 2.25. The molecule has 0 saturated carbocycles. The van der Waals surface area contributed by atoms with Crippen LogP contribution >= 0.6 is 0 Å². The Labute approximate surface area is 142 Å². The van der Waals surface area contributed by atoms with Gasteiger partial charge in [0.15, 0.2) is 0 Å². The lowest BCUT2D eigenvalue weighted by Crippen LogP contribution is -2.47. The summed E-state index contributed by atoms with van der Waals surface area (Å²) >= 11 is 0. The van der Waals surface area contributed by atoms with Crippen molar-refractivity contribution < 1.29 is 18.7 Å². The average molecular weight is 340 g/mol. The molecule has 24 heavy (non-hydrogen) atoms. The van der Waals surface area contributed by atoms with Crippen LogP contribution in [-0.2, 0) is 4.79 Å². The lowest BCUT2D eigenvalue weighted by Gasteiger charge is -2.38. The molecular weight excluding hydrogens is 314 g/mol. The second-order valence-electron chi connectivity index (χ2n) is 6.59. The van der Waals surface area contributed by atoms with Gasteiger partial charge in [-0.3, -0.25) is 9.69 Å². The zero-order valence-corrected chi connectivity index (χ0v) is 14.3. The van der Waals surface area contributed by atoms with E-state index in [2.05, 4.69) is 4.90 Å². The van der Waals surface area contributed by atoms with Crippen molar-refractivity contribution in [3.05, 3.63) is 35.4 Å². The maximum Gasteiger partial charge on any atom is 0.317 e. The predicted molar refractivity (Wildman–Crippen MR) is 89.1 cm³/mol. The molecule has 0 radical (unpaired) electrons. The van der Waals surface area contributed by atoms with Crippen LogP contribution in [0.4, 0.5) is 8.78 Å². The summed E-state index contributed by atoms with van der Waals surface area (Å²) < 4.78 is 26.7. The van der Waals surface area contributed by atoms with Crippen molar-refractivity contribution >= 4 is 5.97 Å². The van der Waals surface area contributed by atoms with Gasteiger partial charge in [0.25, 0.3) is 0 Å². The minimum atomic E-state index is -0.791. The maximum absolute atomic E-state index is 13.3. The standard InChI is InChI=1S/C18H26F2N2O2/c1-3-22(12-18(23)24)17-4-6-21(7-5-17)11-13(2)14-8-15(19)10-16(20)9-14/h8-10,13,17H,3-7,11-12H2,1-2H3,(H,23,24). The molecule has 1 aromatic carbocycles. The second kappa shape index (κ2) is 8.53. The van der Waals surface area contributed by atoms with E-state index in [4.69, 9.17) is 5.11 Å². The first-order valence-corrected chi connectivity index (χ1v) is 8.53. The molecule has 4 nitrogen and oxygen atoms in total. The van der Waals surface area contributed by atoms with Gasteiger partial charge in [0.1, 0.15) is 11.6 Å². The summed E-state index contributed by atoms with van der Waals surface area (Å²) in [5.41, 5.74) is 0.677. The molecule has 2 rings (SSSR count). The topological polar surface area (TPSA) is 43.8 Å². The molecule has 0 aliphatic carbocycles. The summed E-state index contributed by atoms with van der Waals surface area (Å²) in [5, 5.41) is 8.97. The number of likely N-dealkylation sites (tertiary alicyclic amines) is 1. The average Bonchev–Trinajstić information content (AvgIpc) is 2.52. The van der Waals surface area contributed by atoms with Crippen LogP contribution in [0.3, 0.4) is 0 Å². The number of halogens is 2. The Morgan fingerprint density at radius 1 is 1.29 bits per heavy atom. The monoisotopic (exact) mass is 340 g/mol. The number of aliphatic carboxylic acids is 1. The van der Waals surface area contributed by atoms with Crippen molar-refractivity contribution in [3.63, 3.8) is 0 Å². The van der Waals surface area contributed by atoms with E-state index in [1.807, 2.05) is 18.7 Å². The quantitative estimate of drug-likeness (QED) is 0.829. The Bertz CT molecular complexity index is 540. The van der Waals surface area contributed by atoms with Crippen LogP contribution in [0.25, 0.3) is 0 Å². The van der Waals surface area contributed by atoms with Gasteiger partial charge in [-0.15, -0.1) is 0 Å². The van der Waals surface area contributed by atoms with Crippen LogP contribution in [0.2, 0.25) is 0 Å². The van der Waals surface area contributed by atoms with Crippen LogP contribution in [0.15, 0.2) is 18.2 Å². The third-order valence-corrected chi connectivity index (χ3v) is 4.80. The molecule has 1 aliphatic heterocycles. The number of hydrogen-bond acceptors (Lipinski definition) is 3. The Balaban J connectivity index is 1.87. The van der Waals surface area contributed by atoms with E-state index in [1.54, 1.807) is 0 Å². The van der Waals surface area contributed by atoms with Gasteiger partial charge in [0, 0.05) is 18.7 Å². The number of carboxylic acids is 1. The van der Waals surface area contributed by atoms with Gasteiger partial charge < -0.3 is 10.0 Å². The molecule has 134 valence electrons. The number of carboxylic acid groups (broad SMARTS) is 1. The molecule has 1 aromatic rings. The molecule has 1 heterocycles. The van der Waals surface area contributed by atoms with Crippen molar-refractivity contribution in [3.8, 4) is 0 Å². The summed E-state index contributed by atoms with van der Waals surface area (Å²) in [6.45, 7) is 7.28. The first-order valence-electron chi connectivity index (χ1n) is 8.53. The molecule has 1 N–H and O–H groups in total. The molecule has 1 saturated heterocycles. The third kappa shape index (κ3) is 5.24. The van der Waals surface area contributed by atoms with Crippen LogP contribution in [0, 0.1) is 11.6 Å². The van der Waals surface area contributed by atoms with E-state index < -0.39 is 17.6 Å². The SMILES string of the molecule is CCN(CC(=O)O)C1CCN(CC(C)c2cc(F)cc(F)c2)CC1. The van der Waals surface area contributed by atoms with Crippen molar-refractivity contribution in [2.45, 2.75) is 38.6 Å². The predicted octanol–water partition coefficient (Wildman–Crippen LogP) is 2.94. The Kier molecular flexibility index (Phi) is 6.69. The summed E-state index contributed by atoms with van der Waals surface area (Å²) in [7, 11) is 0. The highest BCUT2D eigenvalue weighted by molar-refractivity contribution is 5.69. The van der Waals surface area contributed by atoms with E-state index >= 15 is 0 Å². The van der Waals surface area contributed by atoms with Gasteiger partial charge in [0.2, 0.25) is 0 Å². The summed E-state index contributed by atoms with van der Waals surface area (Å²) in [6.07, 6.45) is 1.84. The summed E-state index contributed by atoms with van der Waals surface area (Å²) in [6, 6.07) is 3.98. The van der Waals surface area contributed by atoms with Gasteiger partial charge in [-0.05, 0) is 56.1 Å². The fraction of sp³-hybridized carbons (Fsp3) is 0.611. The second-order valence-corrected chi connectivity index (χ2v) is 6.59. The highest BCUT2D eigenvalue weighted by Crippen LogP contribution is 2.22. The highest BCUT2D eigenvalue weighted by atomic mass is 19.1. The van der Waals surface area contributed by atoms with Crippen LogP contribution in [0.1, 0.15) is 38.2 Å². The first kappa shape index (κ1) is 18.8. The molecule has 6 heteroatoms. The minimum absolute atomic E-state index is 0.0491. The number of carbonyl (C=O) groups is 1. The third-order valence-electron chi connectivity index (χ3n) is 4.80. The van der Waals surface area contributed by atoms with Gasteiger partial charge in [-0.25, -0.2) is 8.78 Å². The van der Waals surface area contributed by atoms with Crippen molar-refractivity contribution in [2.75, 3.05) is 32.7 Å². The minimum Gasteiger partial charge on any atom is -0.480 e. The molecule has 1 unspecified atom stereocenters. The van der Waals surface area contributed by atoms with Crippen molar-refractivity contribution in [1.82, 2.24) is 9.80 Å². The van der Waals surface area contributed by atoms with E-state index in [-0.39, 0.29) is 12.5 Å². The lowest BCUT2D eigenvalue weighted by atomic mass is 9.97. The van der Waals surface area contributed by atoms with Gasteiger partial charge in [-0.2, -0.15) is 0 Å². The van der Waals surface area contributed by atoms with Crippen molar-refractivity contribution in [2.24, 2.45) is 0 Å². The van der Waals surface area contributed by atoms with Crippen LogP contribution in [-0.4, -0.2) is 59.6 Å². The van der Waals surface area contributed by atoms with Crippen LogP contribution < -0.4 is 0 Å². The number of hydrogen-bond donors (Lipinski definition) is 1. The molecule has 1 aliphatic rings. The van der Waals surface area contributed by atoms with E-state index in [0.29, 0.717) is 11.6 Å². The van der Waals surface area contributed by atoms with Gasteiger partial charge in [0.05, 0.1) is 6.54 Å². The lowest BCUT2D eigenvalue weighted by molar-refractivity contribution is -0.139. The van der Waals surface area contributed by atoms with Crippen molar-refractivity contribution in [1.29, 1.82) is 0 Å². The number of benzene rings is 1. The number of piperidine rings is 1. The normalized spacial score (nSPS) is 18.0. The molecular formula is C18H26F2N2O2. The first-order chi connectivity index (χ1) is 11.4. The zero-order chi connectivity index (χ0) is 17.7. The molecule has 1 fully saturated rings. The Hall–Kier alpha value is -1.53. The van der Waals surface area contributed by atoms with E-state index in [1.165, 1.54) is 12.1 Å². The largest absolute Gasteiger partial charge is 0.480 e. The number of nitrogens with zero attached hydrogens (tertiary/aromatic N) is 2. The molecule has 0 spiro atoms. The summed E-state index contributed by atoms with van der Waals surface area (Å²) in [4.78, 5) is 15.2. The maximum atomic E-state index is 13.3. The fourth-order valence-corrected chi connectivity index (χ4v) is 3.49. The zero-order valence-electron chi connectivity index (χ0n) is 14.3. The smallest absolute Gasteiger partial charge is 0.317 e. The Morgan fingerprint density at radius 2 is 1.88 bits per heavy atom. The number of likely N-dealkylation sites (N-methyl/N-ethyl adjacent to an activating group) is 1.